The SMILES string of the molecule is BBn1cc(S(=O)(=O)c2ccc(N(C)C)cc2)nn1. The van der Waals surface area contributed by atoms with E-state index in [1.807, 2.05) is 26.7 Å². The van der Waals surface area contributed by atoms with Crippen LogP contribution in [0.5, 0.6) is 0 Å². The van der Waals surface area contributed by atoms with Crippen LogP contribution in [0.1, 0.15) is 0 Å². The second-order valence-electron chi connectivity index (χ2n) is 4.30. The number of nitrogens with zero attached hydrogens (tertiary/aromatic N) is 4. The van der Waals surface area contributed by atoms with Gasteiger partial charge in [0.15, 0.2) is 0 Å². The smallest absolute Gasteiger partial charge is 0.227 e. The Kier molecular flexibility index (Phi) is 3.66. The molecule has 0 atom stereocenters. The monoisotopic (exact) mass is 276 g/mol. The minimum absolute atomic E-state index is 0.0213. The van der Waals surface area contributed by atoms with Gasteiger partial charge in [-0.1, -0.05) is 5.21 Å². The summed E-state index contributed by atoms with van der Waals surface area (Å²) in [5.41, 5.74) is 0.941. The lowest BCUT2D eigenvalue weighted by Crippen LogP contribution is -2.09. The maximum atomic E-state index is 12.3. The fourth-order valence-electron chi connectivity index (χ4n) is 1.60. The van der Waals surface area contributed by atoms with Gasteiger partial charge in [0.2, 0.25) is 22.2 Å². The third-order valence-corrected chi connectivity index (χ3v) is 4.41. The second kappa shape index (κ2) is 5.08. The lowest BCUT2D eigenvalue weighted by molar-refractivity contribution is 0.592. The van der Waals surface area contributed by atoms with E-state index in [9.17, 15) is 8.42 Å². The molecule has 19 heavy (non-hydrogen) atoms. The highest BCUT2D eigenvalue weighted by Gasteiger charge is 2.21. The van der Waals surface area contributed by atoms with Crippen molar-refractivity contribution in [2.75, 3.05) is 19.0 Å². The summed E-state index contributed by atoms with van der Waals surface area (Å²) < 4.78 is 26.1. The molecule has 0 N–H and O–H groups in total. The molecule has 0 aliphatic rings. The molecule has 0 radical (unpaired) electrons. The highest BCUT2D eigenvalue weighted by atomic mass is 32.2. The van der Waals surface area contributed by atoms with Gasteiger partial charge >= 0.3 is 0 Å². The lowest BCUT2D eigenvalue weighted by Gasteiger charge is -2.12. The van der Waals surface area contributed by atoms with Crippen LogP contribution >= 0.6 is 0 Å². The number of aromatic nitrogens is 3. The first-order valence-corrected chi connectivity index (χ1v) is 7.36. The lowest BCUT2D eigenvalue weighted by atomic mass is 9.67. The van der Waals surface area contributed by atoms with Crippen LogP contribution in [0.25, 0.3) is 0 Å². The molecule has 0 unspecified atom stereocenters. The third-order valence-electron chi connectivity index (χ3n) is 2.78. The van der Waals surface area contributed by atoms with Gasteiger partial charge in [0.25, 0.3) is 0 Å². The van der Waals surface area contributed by atoms with Crippen LogP contribution in [0.3, 0.4) is 0 Å². The topological polar surface area (TPSA) is 68.1 Å². The Morgan fingerprint density at radius 2 is 1.89 bits per heavy atom. The molecule has 0 saturated carbocycles. The van der Waals surface area contributed by atoms with Gasteiger partial charge in [-0.05, 0) is 24.3 Å². The van der Waals surface area contributed by atoms with Crippen molar-refractivity contribution in [3.63, 3.8) is 0 Å². The minimum Gasteiger partial charge on any atom is -0.378 e. The van der Waals surface area contributed by atoms with Crippen molar-refractivity contribution in [2.24, 2.45) is 0 Å². The first-order chi connectivity index (χ1) is 8.95. The number of sulfone groups is 1. The molecular formula is C10H14B2N4O2S. The zero-order valence-electron chi connectivity index (χ0n) is 11.1. The maximum Gasteiger partial charge on any atom is 0.227 e. The Hall–Kier alpha value is -1.76. The highest BCUT2D eigenvalue weighted by molar-refractivity contribution is 7.91. The van der Waals surface area contributed by atoms with E-state index in [2.05, 4.69) is 10.3 Å². The van der Waals surface area contributed by atoms with Crippen molar-refractivity contribution in [3.8, 4) is 0 Å². The van der Waals surface area contributed by atoms with Crippen LogP contribution in [0.2, 0.25) is 0 Å². The molecule has 6 nitrogen and oxygen atoms in total. The zero-order valence-corrected chi connectivity index (χ0v) is 11.9. The Morgan fingerprint density at radius 3 is 2.37 bits per heavy atom. The van der Waals surface area contributed by atoms with Crippen molar-refractivity contribution in [2.45, 2.75) is 9.92 Å². The molecule has 1 heterocycles. The number of anilines is 1. The van der Waals surface area contributed by atoms with Crippen molar-refractivity contribution >= 4 is 30.6 Å². The molecule has 0 amide bonds. The minimum atomic E-state index is -3.58. The van der Waals surface area contributed by atoms with Crippen molar-refractivity contribution < 1.29 is 8.42 Å². The molecule has 0 aliphatic heterocycles. The van der Waals surface area contributed by atoms with Gasteiger partial charge in [0, 0.05) is 26.0 Å². The predicted octanol–water partition coefficient (Wildman–Crippen LogP) is -1.08. The Labute approximate surface area is 114 Å². The predicted molar refractivity (Wildman–Crippen MR) is 77.3 cm³/mol. The average Bonchev–Trinajstić information content (AvgIpc) is 2.88. The molecule has 0 spiro atoms. The summed E-state index contributed by atoms with van der Waals surface area (Å²) >= 11 is 0. The van der Waals surface area contributed by atoms with Crippen LogP contribution in [0, 0.1) is 0 Å². The van der Waals surface area contributed by atoms with Crippen LogP contribution < -0.4 is 4.90 Å². The molecule has 2 rings (SSSR count). The van der Waals surface area contributed by atoms with Gasteiger partial charge in [-0.25, -0.2) is 8.42 Å². The summed E-state index contributed by atoms with van der Waals surface area (Å²) in [5, 5.41) is 7.44. The van der Waals surface area contributed by atoms with E-state index < -0.39 is 9.84 Å². The quantitative estimate of drug-likeness (QED) is 0.665. The number of hydrogen-bond acceptors (Lipinski definition) is 5. The second-order valence-corrected chi connectivity index (χ2v) is 6.20. The van der Waals surface area contributed by atoms with Gasteiger partial charge < -0.3 is 9.49 Å². The first-order valence-electron chi connectivity index (χ1n) is 5.87. The Bertz CT molecular complexity index is 667. The summed E-state index contributed by atoms with van der Waals surface area (Å²) in [6, 6.07) is 6.68. The van der Waals surface area contributed by atoms with Gasteiger partial charge in [0.1, 0.15) is 0 Å². The molecule has 0 fully saturated rings. The van der Waals surface area contributed by atoms with Crippen molar-refractivity contribution in [1.82, 2.24) is 14.9 Å². The van der Waals surface area contributed by atoms with E-state index in [-0.39, 0.29) is 9.92 Å². The molecule has 2 aromatic rings. The average molecular weight is 276 g/mol. The summed E-state index contributed by atoms with van der Waals surface area (Å²) in [7, 11) is 2.67. The summed E-state index contributed by atoms with van der Waals surface area (Å²) in [6.07, 6.45) is 1.44. The standard InChI is InChI=1S/C10H14B2N4O2S/c1-15(2)8-3-5-9(6-4-8)19(17,18)10-7-16(12-11)14-13-10/h3-7,12H,11H2,1-2H3. The van der Waals surface area contributed by atoms with Gasteiger partial charge in [-0.2, -0.15) is 0 Å². The maximum absolute atomic E-state index is 12.3. The van der Waals surface area contributed by atoms with E-state index in [4.69, 9.17) is 0 Å². The summed E-state index contributed by atoms with van der Waals surface area (Å²) in [4.78, 5) is 2.13. The number of rotatable bonds is 4. The fraction of sp³-hybridized carbons (Fsp3) is 0.200. The van der Waals surface area contributed by atoms with E-state index in [0.29, 0.717) is 7.31 Å². The largest absolute Gasteiger partial charge is 0.378 e. The summed E-state index contributed by atoms with van der Waals surface area (Å²) in [5.74, 6) is 0. The molecule has 98 valence electrons. The molecule has 0 bridgehead atoms. The van der Waals surface area contributed by atoms with Gasteiger partial charge in [0.05, 0.1) is 12.6 Å². The highest BCUT2D eigenvalue weighted by Crippen LogP contribution is 2.21. The van der Waals surface area contributed by atoms with E-state index in [1.165, 1.54) is 10.8 Å². The summed E-state index contributed by atoms with van der Waals surface area (Å²) in [6.45, 7) is 0. The first kappa shape index (κ1) is 13.7. The molecule has 1 aromatic carbocycles. The molecule has 0 saturated heterocycles. The van der Waals surface area contributed by atoms with E-state index in [0.717, 1.165) is 5.69 Å². The number of hydrogen-bond donors (Lipinski definition) is 0. The molecule has 9 heteroatoms. The van der Waals surface area contributed by atoms with Gasteiger partial charge in [-0.15, -0.1) is 5.10 Å². The fourth-order valence-corrected chi connectivity index (χ4v) is 2.74. The van der Waals surface area contributed by atoms with Crippen molar-refractivity contribution in [1.29, 1.82) is 0 Å². The molecule has 0 aliphatic carbocycles. The molecule has 1 aromatic heterocycles. The van der Waals surface area contributed by atoms with E-state index in [1.54, 1.807) is 24.3 Å². The number of benzene rings is 1. The van der Waals surface area contributed by atoms with Crippen LogP contribution in [-0.2, 0) is 9.84 Å². The normalized spacial score (nSPS) is 11.3. The Morgan fingerprint density at radius 1 is 1.26 bits per heavy atom. The van der Waals surface area contributed by atoms with Crippen LogP contribution in [0.4, 0.5) is 5.69 Å². The van der Waals surface area contributed by atoms with Crippen LogP contribution in [0.15, 0.2) is 40.4 Å². The molecular weight excluding hydrogens is 262 g/mol. The van der Waals surface area contributed by atoms with Gasteiger partial charge in [-0.3, -0.25) is 0 Å². The third kappa shape index (κ3) is 2.65. The van der Waals surface area contributed by atoms with Crippen molar-refractivity contribution in [3.05, 3.63) is 30.5 Å². The Balaban J connectivity index is 2.39. The van der Waals surface area contributed by atoms with E-state index >= 15 is 0 Å². The zero-order chi connectivity index (χ0) is 14.0. The van der Waals surface area contributed by atoms with Crippen LogP contribution in [-0.4, -0.2) is 52.5 Å².